The highest BCUT2D eigenvalue weighted by molar-refractivity contribution is 8.03. The average Bonchev–Trinajstić information content (AvgIpc) is 2.49. The highest BCUT2D eigenvalue weighted by atomic mass is 32.2. The van der Waals surface area contributed by atoms with Crippen LogP contribution in [0.1, 0.15) is 5.56 Å². The van der Waals surface area contributed by atoms with E-state index in [4.69, 9.17) is 9.92 Å². The topological polar surface area (TPSA) is 53.2 Å². The first kappa shape index (κ1) is 8.63. The van der Waals surface area contributed by atoms with Gasteiger partial charge in [0, 0.05) is 4.90 Å². The number of nitriles is 1. The van der Waals surface area contributed by atoms with E-state index in [1.807, 2.05) is 17.5 Å². The van der Waals surface area contributed by atoms with Crippen molar-refractivity contribution in [2.75, 3.05) is 0 Å². The number of hydrogen-bond donors (Lipinski definition) is 1. The van der Waals surface area contributed by atoms with Crippen molar-refractivity contribution in [1.82, 2.24) is 0 Å². The largest absolute Gasteiger partial charge is 0.491 e. The number of benzene rings is 1. The molecule has 0 amide bonds. The first-order valence-electron chi connectivity index (χ1n) is 3.79. The fourth-order valence-electron chi connectivity index (χ4n) is 1.31. The molecule has 1 aromatic carbocycles. The molecule has 2 rings (SSSR count). The summed E-state index contributed by atoms with van der Waals surface area (Å²) >= 11 is 1.08. The molecule has 5 heteroatoms. The van der Waals surface area contributed by atoms with Crippen molar-refractivity contribution < 1.29 is 9.68 Å². The summed E-state index contributed by atoms with van der Waals surface area (Å²) in [5, 5.41) is 19.8. The summed E-state index contributed by atoms with van der Waals surface area (Å²) in [6, 6.07) is 5.53. The smallest absolute Gasteiger partial charge is 0.423 e. The molecule has 3 nitrogen and oxygen atoms in total. The molecule has 1 aromatic rings. The molecule has 64 valence electrons. The second-order valence-corrected chi connectivity index (χ2v) is 3.58. The van der Waals surface area contributed by atoms with Crippen LogP contribution in [0.5, 0.6) is 0 Å². The monoisotopic (exact) mass is 191 g/mol. The van der Waals surface area contributed by atoms with Gasteiger partial charge in [-0.1, -0.05) is 6.07 Å². The fourth-order valence-corrected chi connectivity index (χ4v) is 1.74. The molecule has 0 fully saturated rings. The minimum absolute atomic E-state index is 0.452. The zero-order chi connectivity index (χ0) is 9.26. The number of thiocyanates is 1. The third kappa shape index (κ3) is 1.56. The van der Waals surface area contributed by atoms with Crippen LogP contribution >= 0.6 is 11.8 Å². The summed E-state index contributed by atoms with van der Waals surface area (Å²) in [5.41, 5.74) is 1.77. The summed E-state index contributed by atoms with van der Waals surface area (Å²) in [4.78, 5) is 0.839. The van der Waals surface area contributed by atoms with Crippen molar-refractivity contribution in [3.63, 3.8) is 0 Å². The predicted octanol–water partition coefficient (Wildman–Crippen LogP) is 0.477. The molecule has 0 saturated heterocycles. The van der Waals surface area contributed by atoms with Crippen LogP contribution in [0.4, 0.5) is 0 Å². The van der Waals surface area contributed by atoms with Gasteiger partial charge in [0.1, 0.15) is 5.40 Å². The summed E-state index contributed by atoms with van der Waals surface area (Å²) in [6.07, 6.45) is 0. The molecule has 13 heavy (non-hydrogen) atoms. The molecule has 1 aliphatic heterocycles. The maximum atomic E-state index is 9.36. The van der Waals surface area contributed by atoms with Gasteiger partial charge in [-0.15, -0.1) is 0 Å². The van der Waals surface area contributed by atoms with Crippen molar-refractivity contribution >= 4 is 24.3 Å². The lowest BCUT2D eigenvalue weighted by atomic mass is 9.80. The van der Waals surface area contributed by atoms with Gasteiger partial charge in [-0.25, -0.2) is 0 Å². The van der Waals surface area contributed by atoms with Crippen molar-refractivity contribution in [1.29, 1.82) is 5.26 Å². The van der Waals surface area contributed by atoms with E-state index < -0.39 is 7.12 Å². The highest BCUT2D eigenvalue weighted by Gasteiger charge is 2.27. The van der Waals surface area contributed by atoms with Crippen LogP contribution in [0.25, 0.3) is 0 Å². The number of thioether (sulfide) groups is 1. The Morgan fingerprint density at radius 1 is 1.62 bits per heavy atom. The lowest BCUT2D eigenvalue weighted by Crippen LogP contribution is -2.27. The minimum atomic E-state index is -0.825. The highest BCUT2D eigenvalue weighted by Crippen LogP contribution is 2.18. The molecular formula is C8H6BNO2S. The van der Waals surface area contributed by atoms with Gasteiger partial charge < -0.3 is 9.68 Å². The van der Waals surface area contributed by atoms with Gasteiger partial charge in [0.05, 0.1) is 6.61 Å². The first-order valence-corrected chi connectivity index (χ1v) is 4.61. The van der Waals surface area contributed by atoms with Crippen LogP contribution in [0, 0.1) is 10.7 Å². The van der Waals surface area contributed by atoms with Crippen molar-refractivity contribution in [2.24, 2.45) is 0 Å². The zero-order valence-corrected chi connectivity index (χ0v) is 7.54. The van der Waals surface area contributed by atoms with Crippen LogP contribution in [-0.2, 0) is 11.3 Å². The Balaban J connectivity index is 2.37. The Morgan fingerprint density at radius 3 is 3.23 bits per heavy atom. The fraction of sp³-hybridized carbons (Fsp3) is 0.125. The number of rotatable bonds is 1. The zero-order valence-electron chi connectivity index (χ0n) is 6.73. The molecule has 1 aliphatic rings. The molecule has 1 heterocycles. The Labute approximate surface area is 80.5 Å². The SMILES string of the molecule is N#CSc1ccc2c(c1)B(O)OC2. The molecule has 0 saturated carbocycles. The molecule has 1 N–H and O–H groups in total. The lowest BCUT2D eigenvalue weighted by Gasteiger charge is -1.99. The van der Waals surface area contributed by atoms with Gasteiger partial charge in [0.25, 0.3) is 0 Å². The van der Waals surface area contributed by atoms with Gasteiger partial charge >= 0.3 is 7.12 Å². The van der Waals surface area contributed by atoms with E-state index in [1.54, 1.807) is 6.07 Å². The van der Waals surface area contributed by atoms with Crippen molar-refractivity contribution in [3.8, 4) is 5.40 Å². The third-order valence-electron chi connectivity index (χ3n) is 1.94. The van der Waals surface area contributed by atoms with E-state index in [0.29, 0.717) is 6.61 Å². The van der Waals surface area contributed by atoms with E-state index in [9.17, 15) is 5.02 Å². The standard InChI is InChI=1S/C8H6BNO2S/c10-5-13-7-2-1-6-4-12-9(11)8(6)3-7/h1-3,11H,4H2. The van der Waals surface area contributed by atoms with E-state index in [2.05, 4.69) is 0 Å². The maximum Gasteiger partial charge on any atom is 0.491 e. The Kier molecular flexibility index (Phi) is 2.27. The first-order chi connectivity index (χ1) is 6.31. The summed E-state index contributed by atoms with van der Waals surface area (Å²) in [5.74, 6) is 0. The van der Waals surface area contributed by atoms with Gasteiger partial charge in [0.15, 0.2) is 0 Å². The normalized spacial score (nSPS) is 14.0. The van der Waals surface area contributed by atoms with E-state index in [1.165, 1.54) is 0 Å². The maximum absolute atomic E-state index is 9.36. The molecule has 0 atom stereocenters. The van der Waals surface area contributed by atoms with Crippen LogP contribution in [0.15, 0.2) is 23.1 Å². The van der Waals surface area contributed by atoms with Crippen LogP contribution in [0.3, 0.4) is 0 Å². The van der Waals surface area contributed by atoms with Crippen LogP contribution in [-0.4, -0.2) is 12.1 Å². The second kappa shape index (κ2) is 3.42. The molecule has 0 aromatic heterocycles. The van der Waals surface area contributed by atoms with Crippen molar-refractivity contribution in [3.05, 3.63) is 23.8 Å². The number of hydrogen-bond acceptors (Lipinski definition) is 4. The summed E-state index contributed by atoms with van der Waals surface area (Å²) < 4.78 is 5.02. The quantitative estimate of drug-likeness (QED) is 0.398. The Morgan fingerprint density at radius 2 is 2.46 bits per heavy atom. The molecule has 0 spiro atoms. The van der Waals surface area contributed by atoms with E-state index in [0.717, 1.165) is 27.7 Å². The van der Waals surface area contributed by atoms with Crippen molar-refractivity contribution in [2.45, 2.75) is 11.5 Å². The average molecular weight is 191 g/mol. The van der Waals surface area contributed by atoms with Crippen LogP contribution in [0.2, 0.25) is 0 Å². The van der Waals surface area contributed by atoms with Gasteiger partial charge in [0.2, 0.25) is 0 Å². The lowest BCUT2D eigenvalue weighted by molar-refractivity contribution is 0.275. The number of fused-ring (bicyclic) bond motifs is 1. The van der Waals surface area contributed by atoms with Crippen LogP contribution < -0.4 is 5.46 Å². The second-order valence-electron chi connectivity index (χ2n) is 2.72. The minimum Gasteiger partial charge on any atom is -0.423 e. The third-order valence-corrected chi connectivity index (χ3v) is 2.52. The van der Waals surface area contributed by atoms with Gasteiger partial charge in [-0.05, 0) is 34.9 Å². The summed E-state index contributed by atoms with van der Waals surface area (Å²) in [7, 11) is -0.825. The molecular weight excluding hydrogens is 185 g/mol. The van der Waals surface area contributed by atoms with E-state index >= 15 is 0 Å². The predicted molar refractivity (Wildman–Crippen MR) is 50.3 cm³/mol. The molecule has 0 aliphatic carbocycles. The van der Waals surface area contributed by atoms with Gasteiger partial charge in [-0.2, -0.15) is 5.26 Å². The Hall–Kier alpha value is -0.955. The molecule has 0 bridgehead atoms. The van der Waals surface area contributed by atoms with Gasteiger partial charge in [-0.3, -0.25) is 0 Å². The Bertz CT molecular complexity index is 377. The molecule has 0 unspecified atom stereocenters. The summed E-state index contributed by atoms with van der Waals surface area (Å²) in [6.45, 7) is 0.452. The molecule has 0 radical (unpaired) electrons. The number of nitrogens with zero attached hydrogens (tertiary/aromatic N) is 1. The van der Waals surface area contributed by atoms with E-state index in [-0.39, 0.29) is 0 Å².